The van der Waals surface area contributed by atoms with Crippen molar-refractivity contribution in [3.63, 3.8) is 0 Å². The Morgan fingerprint density at radius 1 is 1.23 bits per heavy atom. The summed E-state index contributed by atoms with van der Waals surface area (Å²) in [6.07, 6.45) is 4.65. The Bertz CT molecular complexity index is 817. The molecule has 3 fully saturated rings. The standard InChI is InChI=1S/C25H34N2O3/c1-17-7-6-8-18-15-21-22(23(28)25(17,18)2)20(24(29)30-21)16-26-11-13-27(14-12-26)19-9-4-3-5-10-19/h3-5,8-10,17,20-23,28H,6-7,11-16H2,1-2H3/p+1/t17-,20-,21+,22+,23+,25+/m0/s1. The van der Waals surface area contributed by atoms with Crippen molar-refractivity contribution in [1.29, 1.82) is 0 Å². The number of benzene rings is 1. The Labute approximate surface area is 179 Å². The molecule has 162 valence electrons. The fraction of sp³-hybridized carbons (Fsp3) is 0.640. The quantitative estimate of drug-likeness (QED) is 0.587. The van der Waals surface area contributed by atoms with Crippen LogP contribution in [0.25, 0.3) is 0 Å². The van der Waals surface area contributed by atoms with Gasteiger partial charge in [0.25, 0.3) is 0 Å². The number of para-hydroxylation sites is 1. The number of allylic oxidation sites excluding steroid dienone is 1. The van der Waals surface area contributed by atoms with E-state index in [1.807, 2.05) is 0 Å². The summed E-state index contributed by atoms with van der Waals surface area (Å²) in [4.78, 5) is 16.7. The van der Waals surface area contributed by atoms with Gasteiger partial charge in [-0.3, -0.25) is 4.79 Å². The van der Waals surface area contributed by atoms with Crippen LogP contribution in [0.15, 0.2) is 42.0 Å². The van der Waals surface area contributed by atoms with E-state index in [4.69, 9.17) is 4.74 Å². The summed E-state index contributed by atoms with van der Waals surface area (Å²) in [6, 6.07) is 10.6. The molecule has 2 aliphatic carbocycles. The van der Waals surface area contributed by atoms with E-state index in [1.54, 1.807) is 0 Å². The van der Waals surface area contributed by atoms with Gasteiger partial charge in [0.2, 0.25) is 0 Å². The Balaban J connectivity index is 1.28. The lowest BCUT2D eigenvalue weighted by Crippen LogP contribution is -3.15. The van der Waals surface area contributed by atoms with E-state index >= 15 is 0 Å². The lowest BCUT2D eigenvalue weighted by atomic mass is 9.55. The fourth-order valence-electron chi connectivity index (χ4n) is 6.53. The lowest BCUT2D eigenvalue weighted by molar-refractivity contribution is -0.903. The molecule has 6 atom stereocenters. The van der Waals surface area contributed by atoms with Crippen LogP contribution >= 0.6 is 0 Å². The van der Waals surface area contributed by atoms with Gasteiger partial charge >= 0.3 is 5.97 Å². The van der Waals surface area contributed by atoms with Crippen LogP contribution in [0.1, 0.15) is 33.1 Å². The van der Waals surface area contributed by atoms with E-state index in [2.05, 4.69) is 55.2 Å². The molecule has 0 radical (unpaired) electrons. The number of carbonyl (C=O) groups is 1. The van der Waals surface area contributed by atoms with Gasteiger partial charge in [-0.05, 0) is 30.9 Å². The van der Waals surface area contributed by atoms with Gasteiger partial charge in [-0.2, -0.15) is 0 Å². The highest BCUT2D eigenvalue weighted by Gasteiger charge is 2.60. The zero-order chi connectivity index (χ0) is 20.9. The maximum Gasteiger partial charge on any atom is 0.315 e. The molecule has 0 amide bonds. The number of nitrogens with zero attached hydrogens (tertiary/aromatic N) is 1. The minimum absolute atomic E-state index is 0.0696. The number of anilines is 1. The molecule has 5 nitrogen and oxygen atoms in total. The first-order valence-corrected chi connectivity index (χ1v) is 11.7. The number of rotatable bonds is 3. The third-order valence-electron chi connectivity index (χ3n) is 8.67. The minimum Gasteiger partial charge on any atom is -0.461 e. The molecule has 0 bridgehead atoms. The molecule has 2 aliphatic heterocycles. The number of hydrogen-bond donors (Lipinski definition) is 2. The lowest BCUT2D eigenvalue weighted by Gasteiger charge is -2.51. The summed E-state index contributed by atoms with van der Waals surface area (Å²) in [5.74, 6) is 0.0970. The van der Waals surface area contributed by atoms with Gasteiger partial charge in [0.1, 0.15) is 12.0 Å². The van der Waals surface area contributed by atoms with E-state index in [0.717, 1.165) is 52.0 Å². The monoisotopic (exact) mass is 411 g/mol. The second kappa shape index (κ2) is 7.69. The first-order chi connectivity index (χ1) is 14.5. The molecule has 5 heteroatoms. The van der Waals surface area contributed by atoms with Crippen molar-refractivity contribution in [3.8, 4) is 0 Å². The zero-order valence-corrected chi connectivity index (χ0v) is 18.2. The smallest absolute Gasteiger partial charge is 0.315 e. The van der Waals surface area contributed by atoms with Gasteiger partial charge in [-0.25, -0.2) is 0 Å². The number of carbonyl (C=O) groups excluding carboxylic acids is 1. The Hall–Kier alpha value is -1.85. The topological polar surface area (TPSA) is 54.2 Å². The molecule has 2 heterocycles. The van der Waals surface area contributed by atoms with Crippen LogP contribution in [-0.2, 0) is 9.53 Å². The number of aliphatic hydroxyl groups excluding tert-OH is 1. The summed E-state index contributed by atoms with van der Waals surface area (Å²) in [5, 5.41) is 11.5. The van der Waals surface area contributed by atoms with Gasteiger partial charge < -0.3 is 19.6 Å². The van der Waals surface area contributed by atoms with Crippen LogP contribution in [0.5, 0.6) is 0 Å². The first-order valence-electron chi connectivity index (χ1n) is 11.7. The third-order valence-corrected chi connectivity index (χ3v) is 8.67. The largest absolute Gasteiger partial charge is 0.461 e. The van der Waals surface area contributed by atoms with Gasteiger partial charge in [-0.1, -0.05) is 43.7 Å². The summed E-state index contributed by atoms with van der Waals surface area (Å²) in [5.41, 5.74) is 2.37. The van der Waals surface area contributed by atoms with Crippen molar-refractivity contribution < 1.29 is 19.5 Å². The number of aliphatic hydroxyl groups is 1. The Morgan fingerprint density at radius 2 is 1.97 bits per heavy atom. The van der Waals surface area contributed by atoms with Crippen LogP contribution < -0.4 is 9.80 Å². The molecule has 2 saturated heterocycles. The third kappa shape index (κ3) is 3.18. The van der Waals surface area contributed by atoms with Crippen molar-refractivity contribution in [3.05, 3.63) is 42.0 Å². The summed E-state index contributed by atoms with van der Waals surface area (Å²) < 4.78 is 5.85. The molecule has 0 aromatic heterocycles. The molecule has 1 saturated carbocycles. The molecule has 2 N–H and O–H groups in total. The molecule has 0 unspecified atom stereocenters. The highest BCUT2D eigenvalue weighted by Crippen LogP contribution is 2.55. The van der Waals surface area contributed by atoms with Gasteiger partial charge in [0, 0.05) is 23.4 Å². The minimum atomic E-state index is -0.501. The summed E-state index contributed by atoms with van der Waals surface area (Å²) in [7, 11) is 0. The molecule has 0 spiro atoms. The molecular formula is C25H35N2O3+. The molecule has 1 aromatic carbocycles. The normalized spacial score (nSPS) is 39.2. The fourth-order valence-corrected chi connectivity index (χ4v) is 6.53. The zero-order valence-electron chi connectivity index (χ0n) is 18.2. The van der Waals surface area contributed by atoms with E-state index in [-0.39, 0.29) is 29.3 Å². The number of ether oxygens (including phenoxy) is 1. The first kappa shape index (κ1) is 20.1. The van der Waals surface area contributed by atoms with Gasteiger partial charge in [-0.15, -0.1) is 0 Å². The Morgan fingerprint density at radius 3 is 2.70 bits per heavy atom. The van der Waals surface area contributed by atoms with Crippen molar-refractivity contribution in [1.82, 2.24) is 0 Å². The van der Waals surface area contributed by atoms with Crippen LogP contribution in [-0.4, -0.2) is 56.0 Å². The summed E-state index contributed by atoms with van der Waals surface area (Å²) >= 11 is 0. The van der Waals surface area contributed by atoms with Crippen LogP contribution in [0, 0.1) is 23.2 Å². The Kier molecular flexibility index (Phi) is 5.14. The number of hydrogen-bond acceptors (Lipinski definition) is 4. The average Bonchev–Trinajstić information content (AvgIpc) is 3.07. The van der Waals surface area contributed by atoms with Gasteiger partial charge in [0.05, 0.1) is 38.8 Å². The van der Waals surface area contributed by atoms with Crippen molar-refractivity contribution in [2.24, 2.45) is 23.2 Å². The number of piperazine rings is 1. The highest BCUT2D eigenvalue weighted by molar-refractivity contribution is 5.76. The average molecular weight is 412 g/mol. The molecule has 5 rings (SSSR count). The van der Waals surface area contributed by atoms with E-state index in [0.29, 0.717) is 5.92 Å². The van der Waals surface area contributed by atoms with Gasteiger partial charge in [0.15, 0.2) is 0 Å². The van der Waals surface area contributed by atoms with Crippen molar-refractivity contribution in [2.45, 2.75) is 45.3 Å². The SMILES string of the molecule is C[C@H]1CCC=C2C[C@H]3OC(=O)[C@@H](C[NH+]4CCN(c5ccccc5)CC4)[C@H]3[C@@H](O)[C@@]21C. The molecule has 4 aliphatic rings. The predicted molar refractivity (Wildman–Crippen MR) is 116 cm³/mol. The second-order valence-corrected chi connectivity index (χ2v) is 10.1. The predicted octanol–water partition coefficient (Wildman–Crippen LogP) is 1.68. The van der Waals surface area contributed by atoms with Crippen LogP contribution in [0.4, 0.5) is 5.69 Å². The molecule has 30 heavy (non-hydrogen) atoms. The molecule has 1 aromatic rings. The maximum atomic E-state index is 12.9. The number of fused-ring (bicyclic) bond motifs is 2. The number of nitrogens with one attached hydrogen (secondary N) is 1. The summed E-state index contributed by atoms with van der Waals surface area (Å²) in [6.45, 7) is 9.30. The van der Waals surface area contributed by atoms with E-state index in [9.17, 15) is 9.90 Å². The van der Waals surface area contributed by atoms with Crippen LogP contribution in [0.2, 0.25) is 0 Å². The van der Waals surface area contributed by atoms with Crippen LogP contribution in [0.3, 0.4) is 0 Å². The second-order valence-electron chi connectivity index (χ2n) is 10.1. The van der Waals surface area contributed by atoms with E-state index < -0.39 is 6.10 Å². The highest BCUT2D eigenvalue weighted by atomic mass is 16.6. The number of esters is 1. The molecular weight excluding hydrogens is 376 g/mol. The van der Waals surface area contributed by atoms with E-state index in [1.165, 1.54) is 16.2 Å². The maximum absolute atomic E-state index is 12.9. The number of quaternary nitrogens is 1. The van der Waals surface area contributed by atoms with Crippen molar-refractivity contribution in [2.75, 3.05) is 37.6 Å². The van der Waals surface area contributed by atoms with Crippen molar-refractivity contribution >= 4 is 11.7 Å².